The first-order chi connectivity index (χ1) is 11.9. The topological polar surface area (TPSA) is 72.9 Å². The van der Waals surface area contributed by atoms with Crippen LogP contribution in [0.2, 0.25) is 0 Å². The molecule has 1 heterocycles. The molecule has 2 aromatic rings. The number of rotatable bonds is 4. The number of nitrogens with two attached hydrogens (primary N) is 1. The van der Waals surface area contributed by atoms with E-state index in [1.807, 2.05) is 49.7 Å². The Balaban J connectivity index is 1.69. The Kier molecular flexibility index (Phi) is 4.95. The second-order valence-electron chi connectivity index (χ2n) is 7.34. The minimum atomic E-state index is -0.698. The van der Waals surface area contributed by atoms with Crippen LogP contribution in [0.15, 0.2) is 30.3 Å². The van der Waals surface area contributed by atoms with Crippen molar-refractivity contribution < 1.29 is 4.79 Å². The lowest BCUT2D eigenvalue weighted by Crippen LogP contribution is -2.55. The number of hydrogen-bond donors (Lipinski definition) is 2. The van der Waals surface area contributed by atoms with Crippen LogP contribution in [-0.4, -0.2) is 21.2 Å². The number of hydrogen-bond acceptors (Lipinski definition) is 3. The van der Waals surface area contributed by atoms with Gasteiger partial charge < -0.3 is 11.1 Å². The first kappa shape index (κ1) is 17.7. The van der Waals surface area contributed by atoms with Crippen LogP contribution in [0.1, 0.15) is 62.0 Å². The highest BCUT2D eigenvalue weighted by Gasteiger charge is 2.35. The van der Waals surface area contributed by atoms with Gasteiger partial charge in [0.25, 0.3) is 0 Å². The molecule has 1 aromatic heterocycles. The minimum Gasteiger partial charge on any atom is -0.348 e. The van der Waals surface area contributed by atoms with Gasteiger partial charge in [-0.3, -0.25) is 4.79 Å². The van der Waals surface area contributed by atoms with Crippen molar-refractivity contribution in [3.8, 4) is 5.69 Å². The van der Waals surface area contributed by atoms with Crippen molar-refractivity contribution in [3.63, 3.8) is 0 Å². The number of aromatic nitrogens is 2. The molecule has 0 saturated heterocycles. The molecule has 1 saturated carbocycles. The molecule has 1 amide bonds. The Labute approximate surface area is 149 Å². The molecule has 1 fully saturated rings. The summed E-state index contributed by atoms with van der Waals surface area (Å²) in [6, 6.07) is 10.2. The molecule has 0 spiro atoms. The van der Waals surface area contributed by atoms with E-state index in [4.69, 9.17) is 5.73 Å². The summed E-state index contributed by atoms with van der Waals surface area (Å²) >= 11 is 0. The van der Waals surface area contributed by atoms with Crippen molar-refractivity contribution in [1.82, 2.24) is 15.1 Å². The zero-order valence-corrected chi connectivity index (χ0v) is 15.4. The largest absolute Gasteiger partial charge is 0.348 e. The normalized spacial score (nSPS) is 17.9. The minimum absolute atomic E-state index is 0.0256. The van der Waals surface area contributed by atoms with E-state index in [-0.39, 0.29) is 11.9 Å². The van der Waals surface area contributed by atoms with Gasteiger partial charge in [0, 0.05) is 5.69 Å². The lowest BCUT2D eigenvalue weighted by Gasteiger charge is -2.33. The summed E-state index contributed by atoms with van der Waals surface area (Å²) in [5.74, 6) is -0.0256. The molecule has 134 valence electrons. The zero-order valence-electron chi connectivity index (χ0n) is 15.4. The molecule has 0 radical (unpaired) electrons. The number of carbonyl (C=O) groups is 1. The Bertz CT molecular complexity index is 742. The monoisotopic (exact) mass is 340 g/mol. The van der Waals surface area contributed by atoms with Gasteiger partial charge in [-0.1, -0.05) is 31.4 Å². The third-order valence-electron chi connectivity index (χ3n) is 5.19. The maximum atomic E-state index is 12.6. The summed E-state index contributed by atoms with van der Waals surface area (Å²) in [4.78, 5) is 12.6. The van der Waals surface area contributed by atoms with E-state index in [9.17, 15) is 4.79 Å². The number of benzene rings is 1. The molecule has 3 rings (SSSR count). The summed E-state index contributed by atoms with van der Waals surface area (Å²) < 4.78 is 1.93. The van der Waals surface area contributed by atoms with Crippen LogP contribution in [0, 0.1) is 13.8 Å². The van der Waals surface area contributed by atoms with E-state index in [1.165, 1.54) is 6.42 Å². The fourth-order valence-corrected chi connectivity index (χ4v) is 3.63. The van der Waals surface area contributed by atoms with E-state index in [0.29, 0.717) is 0 Å². The zero-order chi connectivity index (χ0) is 18.0. The SMILES string of the molecule is Cc1cc(C)n(-c2ccc(C(C)NC(=O)C3(N)CCCCC3)cc2)n1. The maximum absolute atomic E-state index is 12.6. The summed E-state index contributed by atoms with van der Waals surface area (Å²) in [6.07, 6.45) is 4.81. The van der Waals surface area contributed by atoms with Crippen molar-refractivity contribution in [2.45, 2.75) is 64.5 Å². The van der Waals surface area contributed by atoms with Crippen LogP contribution in [0.25, 0.3) is 5.69 Å². The van der Waals surface area contributed by atoms with Crippen LogP contribution in [-0.2, 0) is 4.79 Å². The molecule has 3 N–H and O–H groups in total. The fraction of sp³-hybridized carbons (Fsp3) is 0.500. The molecule has 1 aliphatic carbocycles. The Morgan fingerprint density at radius 2 is 1.84 bits per heavy atom. The third-order valence-corrected chi connectivity index (χ3v) is 5.19. The lowest BCUT2D eigenvalue weighted by atomic mass is 9.81. The molecule has 1 aliphatic rings. The van der Waals surface area contributed by atoms with Crippen molar-refractivity contribution in [2.24, 2.45) is 5.73 Å². The summed E-state index contributed by atoms with van der Waals surface area (Å²) in [5, 5.41) is 7.60. The highest BCUT2D eigenvalue weighted by Crippen LogP contribution is 2.27. The summed E-state index contributed by atoms with van der Waals surface area (Å²) in [7, 11) is 0. The van der Waals surface area contributed by atoms with Crippen LogP contribution in [0.5, 0.6) is 0 Å². The van der Waals surface area contributed by atoms with Gasteiger partial charge in [0.1, 0.15) is 0 Å². The smallest absolute Gasteiger partial charge is 0.240 e. The molecule has 0 aliphatic heterocycles. The Morgan fingerprint density at radius 3 is 2.40 bits per heavy atom. The van der Waals surface area contributed by atoms with Crippen LogP contribution in [0.4, 0.5) is 0 Å². The van der Waals surface area contributed by atoms with Gasteiger partial charge >= 0.3 is 0 Å². The van der Waals surface area contributed by atoms with Gasteiger partial charge in [0.2, 0.25) is 5.91 Å². The van der Waals surface area contributed by atoms with Crippen molar-refractivity contribution in [1.29, 1.82) is 0 Å². The Hall–Kier alpha value is -2.14. The third kappa shape index (κ3) is 3.76. The lowest BCUT2D eigenvalue weighted by molar-refractivity contribution is -0.128. The number of carbonyl (C=O) groups excluding carboxylic acids is 1. The summed E-state index contributed by atoms with van der Waals surface area (Å²) in [5.41, 5.74) is 9.83. The van der Waals surface area contributed by atoms with Gasteiger partial charge in [-0.2, -0.15) is 5.10 Å². The highest BCUT2D eigenvalue weighted by molar-refractivity contribution is 5.86. The molecule has 0 bridgehead atoms. The molecular weight excluding hydrogens is 312 g/mol. The average molecular weight is 340 g/mol. The second kappa shape index (κ2) is 7.00. The first-order valence-electron chi connectivity index (χ1n) is 9.12. The predicted octanol–water partition coefficient (Wildman–Crippen LogP) is 3.33. The van der Waals surface area contributed by atoms with Crippen LogP contribution >= 0.6 is 0 Å². The second-order valence-corrected chi connectivity index (χ2v) is 7.34. The van der Waals surface area contributed by atoms with Gasteiger partial charge in [0.15, 0.2) is 0 Å². The van der Waals surface area contributed by atoms with E-state index < -0.39 is 5.54 Å². The van der Waals surface area contributed by atoms with Gasteiger partial charge in [-0.15, -0.1) is 0 Å². The number of nitrogens with zero attached hydrogens (tertiary/aromatic N) is 2. The quantitative estimate of drug-likeness (QED) is 0.896. The average Bonchev–Trinajstić information content (AvgIpc) is 2.94. The number of amides is 1. The van der Waals surface area contributed by atoms with Crippen molar-refractivity contribution in [2.75, 3.05) is 0 Å². The van der Waals surface area contributed by atoms with Crippen molar-refractivity contribution in [3.05, 3.63) is 47.3 Å². The highest BCUT2D eigenvalue weighted by atomic mass is 16.2. The molecular formula is C20H28N4O. The van der Waals surface area contributed by atoms with E-state index in [1.54, 1.807) is 0 Å². The standard InChI is InChI=1S/C20H28N4O/c1-14-13-15(2)24(23-14)18-9-7-17(8-10-18)16(3)22-19(25)20(21)11-5-4-6-12-20/h7-10,13,16H,4-6,11-12,21H2,1-3H3,(H,22,25). The number of nitrogens with one attached hydrogen (secondary N) is 1. The summed E-state index contributed by atoms with van der Waals surface area (Å²) in [6.45, 7) is 6.04. The Morgan fingerprint density at radius 1 is 1.20 bits per heavy atom. The molecule has 1 aromatic carbocycles. The fourth-order valence-electron chi connectivity index (χ4n) is 3.63. The van der Waals surface area contributed by atoms with Gasteiger partial charge in [-0.25, -0.2) is 4.68 Å². The maximum Gasteiger partial charge on any atom is 0.240 e. The van der Waals surface area contributed by atoms with E-state index in [0.717, 1.165) is 48.3 Å². The molecule has 25 heavy (non-hydrogen) atoms. The molecule has 1 atom stereocenters. The van der Waals surface area contributed by atoms with Gasteiger partial charge in [0.05, 0.1) is 23.0 Å². The first-order valence-corrected chi connectivity index (χ1v) is 9.12. The van der Waals surface area contributed by atoms with E-state index >= 15 is 0 Å². The van der Waals surface area contributed by atoms with Crippen LogP contribution < -0.4 is 11.1 Å². The van der Waals surface area contributed by atoms with Crippen LogP contribution in [0.3, 0.4) is 0 Å². The molecule has 5 heteroatoms. The predicted molar refractivity (Wildman–Crippen MR) is 99.6 cm³/mol. The van der Waals surface area contributed by atoms with E-state index in [2.05, 4.69) is 16.5 Å². The molecule has 5 nitrogen and oxygen atoms in total. The number of aryl methyl sites for hydroxylation is 2. The molecule has 1 unspecified atom stereocenters. The van der Waals surface area contributed by atoms with Crippen molar-refractivity contribution >= 4 is 5.91 Å². The van der Waals surface area contributed by atoms with Gasteiger partial charge in [-0.05, 0) is 57.4 Å².